The first-order valence-corrected chi connectivity index (χ1v) is 11.9. The largest absolute Gasteiger partial charge is 0.375 e. The number of hydrogen-bond acceptors (Lipinski definition) is 5. The van der Waals surface area contributed by atoms with Crippen molar-refractivity contribution in [1.29, 1.82) is 0 Å². The maximum absolute atomic E-state index is 15.3. The minimum atomic E-state index is -0.182. The fourth-order valence-electron chi connectivity index (χ4n) is 5.55. The van der Waals surface area contributed by atoms with Gasteiger partial charge in [0.25, 0.3) is 0 Å². The normalized spacial score (nSPS) is 26.5. The number of nitrogens with two attached hydrogens (primary N) is 1. The van der Waals surface area contributed by atoms with Crippen molar-refractivity contribution in [2.24, 2.45) is 22.7 Å². The summed E-state index contributed by atoms with van der Waals surface area (Å²) in [6, 6.07) is 4.15. The smallest absolute Gasteiger partial charge is 0.184 e. The molecule has 2 aliphatic heterocycles. The zero-order chi connectivity index (χ0) is 22.0. The number of piperidine rings is 1. The lowest BCUT2D eigenvalue weighted by atomic mass is 9.75. The number of nitrogens with zero attached hydrogens (tertiary/aromatic N) is 4. The average Bonchev–Trinajstić information content (AvgIpc) is 3.24. The van der Waals surface area contributed by atoms with Crippen molar-refractivity contribution in [2.75, 3.05) is 50.1 Å². The van der Waals surface area contributed by atoms with E-state index in [1.165, 1.54) is 32.1 Å². The van der Waals surface area contributed by atoms with Gasteiger partial charge in [0.1, 0.15) is 5.82 Å². The van der Waals surface area contributed by atoms with Crippen LogP contribution in [0.5, 0.6) is 0 Å². The van der Waals surface area contributed by atoms with Gasteiger partial charge in [-0.3, -0.25) is 5.43 Å². The monoisotopic (exact) mass is 446 g/mol. The predicted molar refractivity (Wildman–Crippen MR) is 130 cm³/mol. The number of benzene rings is 1. The zero-order valence-electron chi connectivity index (χ0n) is 18.7. The molecular weight excluding hydrogens is 411 g/mol. The Kier molecular flexibility index (Phi) is 6.96. The minimum Gasteiger partial charge on any atom is -0.375 e. The Hall–Kier alpha value is -1.93. The van der Waals surface area contributed by atoms with Crippen molar-refractivity contribution in [3.05, 3.63) is 23.5 Å². The quantitative estimate of drug-likeness (QED) is 0.412. The molecule has 1 aromatic carbocycles. The van der Waals surface area contributed by atoms with Gasteiger partial charge in [0.05, 0.1) is 11.9 Å². The van der Waals surface area contributed by atoms with E-state index >= 15 is 4.39 Å². The van der Waals surface area contributed by atoms with Crippen LogP contribution in [0.4, 0.5) is 15.8 Å². The topological polar surface area (TPSA) is 60.1 Å². The van der Waals surface area contributed by atoms with Gasteiger partial charge in [0.15, 0.2) is 5.11 Å². The van der Waals surface area contributed by atoms with Crippen molar-refractivity contribution < 1.29 is 4.39 Å². The molecule has 0 radical (unpaired) electrons. The Labute approximate surface area is 190 Å². The highest BCUT2D eigenvalue weighted by Gasteiger charge is 2.33. The molecule has 3 atom stereocenters. The molecule has 3 aliphatic rings. The van der Waals surface area contributed by atoms with Crippen LogP contribution in [0.15, 0.2) is 17.2 Å². The van der Waals surface area contributed by atoms with Gasteiger partial charge in [-0.2, -0.15) is 5.10 Å². The SMILES string of the molecule is CN(C)[C@@H]1CCN(c2cc(N3CC[C@@H]4CCCC[C@@H]4C3)c(F)cc2C=NNC(N)=S)C1. The van der Waals surface area contributed by atoms with Gasteiger partial charge in [0.2, 0.25) is 0 Å². The number of nitrogens with one attached hydrogen (secondary N) is 1. The fraction of sp³-hybridized carbons (Fsp3) is 0.652. The molecule has 3 N–H and O–H groups in total. The lowest BCUT2D eigenvalue weighted by Crippen LogP contribution is -2.42. The number of hydrazone groups is 1. The molecule has 31 heavy (non-hydrogen) atoms. The van der Waals surface area contributed by atoms with Gasteiger partial charge in [0, 0.05) is 43.5 Å². The number of halogens is 1. The molecule has 1 saturated carbocycles. The summed E-state index contributed by atoms with van der Waals surface area (Å²) >= 11 is 4.83. The van der Waals surface area contributed by atoms with Gasteiger partial charge in [-0.05, 0) is 69.5 Å². The maximum Gasteiger partial charge on any atom is 0.184 e. The summed E-state index contributed by atoms with van der Waals surface area (Å²) < 4.78 is 15.3. The van der Waals surface area contributed by atoms with E-state index in [1.807, 2.05) is 6.07 Å². The Balaban J connectivity index is 1.62. The zero-order valence-corrected chi connectivity index (χ0v) is 19.5. The molecular formula is C23H35FN6S. The molecule has 1 aromatic rings. The van der Waals surface area contributed by atoms with Crippen molar-refractivity contribution in [3.8, 4) is 0 Å². The minimum absolute atomic E-state index is 0.0964. The average molecular weight is 447 g/mol. The number of anilines is 2. The molecule has 0 spiro atoms. The predicted octanol–water partition coefficient (Wildman–Crippen LogP) is 3.15. The van der Waals surface area contributed by atoms with E-state index in [-0.39, 0.29) is 10.9 Å². The first-order valence-electron chi connectivity index (χ1n) is 11.5. The number of likely N-dealkylation sites (N-methyl/N-ethyl adjacent to an activating group) is 1. The van der Waals surface area contributed by atoms with Crippen molar-refractivity contribution >= 4 is 34.9 Å². The summed E-state index contributed by atoms with van der Waals surface area (Å²) in [5, 5.41) is 4.20. The molecule has 1 aliphatic carbocycles. The Morgan fingerprint density at radius 2 is 1.81 bits per heavy atom. The second-order valence-corrected chi connectivity index (χ2v) is 9.93. The number of fused-ring (bicyclic) bond motifs is 1. The van der Waals surface area contributed by atoms with Crippen LogP contribution in [0.3, 0.4) is 0 Å². The summed E-state index contributed by atoms with van der Waals surface area (Å²) in [4.78, 5) is 6.89. The van der Waals surface area contributed by atoms with Gasteiger partial charge in [-0.15, -0.1) is 0 Å². The van der Waals surface area contributed by atoms with E-state index in [9.17, 15) is 0 Å². The maximum atomic E-state index is 15.3. The van der Waals surface area contributed by atoms with E-state index in [4.69, 9.17) is 18.0 Å². The summed E-state index contributed by atoms with van der Waals surface area (Å²) in [6.07, 6.45) is 9.18. The highest BCUT2D eigenvalue weighted by atomic mass is 32.1. The first-order chi connectivity index (χ1) is 14.9. The third-order valence-corrected chi connectivity index (χ3v) is 7.43. The first kappa shape index (κ1) is 22.3. The molecule has 0 aromatic heterocycles. The standard InChI is InChI=1S/C23H35FN6S/c1-28(2)19-8-10-30(15-19)21-12-22(20(24)11-18(21)13-26-27-23(25)31)29-9-7-16-5-3-4-6-17(16)14-29/h11-13,16-17,19H,3-10,14-15H2,1-2H3,(H3,25,27,31)/t16-,17+,19+/m0/s1. The van der Waals surface area contributed by atoms with E-state index < -0.39 is 0 Å². The van der Waals surface area contributed by atoms with Crippen LogP contribution in [0.25, 0.3) is 0 Å². The second-order valence-electron chi connectivity index (χ2n) is 9.49. The molecule has 0 unspecified atom stereocenters. The lowest BCUT2D eigenvalue weighted by molar-refractivity contribution is 0.202. The van der Waals surface area contributed by atoms with E-state index in [0.717, 1.165) is 55.5 Å². The highest BCUT2D eigenvalue weighted by molar-refractivity contribution is 7.80. The van der Waals surface area contributed by atoms with E-state index in [1.54, 1.807) is 12.3 Å². The molecule has 170 valence electrons. The summed E-state index contributed by atoms with van der Waals surface area (Å²) in [6.45, 7) is 3.78. The van der Waals surface area contributed by atoms with Crippen LogP contribution < -0.4 is 21.0 Å². The van der Waals surface area contributed by atoms with Crippen LogP contribution >= 0.6 is 12.2 Å². The van der Waals surface area contributed by atoms with Crippen LogP contribution in [0.1, 0.15) is 44.1 Å². The Morgan fingerprint density at radius 3 is 2.52 bits per heavy atom. The van der Waals surface area contributed by atoms with Crippen LogP contribution in [0, 0.1) is 17.7 Å². The third kappa shape index (κ3) is 5.12. The van der Waals surface area contributed by atoms with Crippen LogP contribution in [-0.2, 0) is 0 Å². The summed E-state index contributed by atoms with van der Waals surface area (Å²) in [5.41, 5.74) is 10.6. The third-order valence-electron chi connectivity index (χ3n) is 7.34. The van der Waals surface area contributed by atoms with Gasteiger partial charge < -0.3 is 20.4 Å². The van der Waals surface area contributed by atoms with Crippen molar-refractivity contribution in [1.82, 2.24) is 10.3 Å². The number of rotatable bonds is 5. The molecule has 8 heteroatoms. The van der Waals surface area contributed by atoms with Gasteiger partial charge >= 0.3 is 0 Å². The van der Waals surface area contributed by atoms with Crippen molar-refractivity contribution in [3.63, 3.8) is 0 Å². The summed E-state index contributed by atoms with van der Waals surface area (Å²) in [5.74, 6) is 1.34. The molecule has 0 amide bonds. The molecule has 3 fully saturated rings. The van der Waals surface area contributed by atoms with Crippen LogP contribution in [-0.4, -0.2) is 62.5 Å². The Morgan fingerprint density at radius 1 is 1.10 bits per heavy atom. The van der Waals surface area contributed by atoms with Crippen LogP contribution in [0.2, 0.25) is 0 Å². The fourth-order valence-corrected chi connectivity index (χ4v) is 5.61. The molecule has 0 bridgehead atoms. The van der Waals surface area contributed by atoms with Gasteiger partial charge in [-0.25, -0.2) is 4.39 Å². The van der Waals surface area contributed by atoms with Gasteiger partial charge in [-0.1, -0.05) is 19.3 Å². The summed E-state index contributed by atoms with van der Waals surface area (Å²) in [7, 11) is 4.24. The number of hydrogen-bond donors (Lipinski definition) is 2. The Bertz CT molecular complexity index is 829. The van der Waals surface area contributed by atoms with E-state index in [0.29, 0.717) is 12.0 Å². The molecule has 2 heterocycles. The highest BCUT2D eigenvalue weighted by Crippen LogP contribution is 2.39. The number of thiocarbonyl (C=S) groups is 1. The van der Waals surface area contributed by atoms with E-state index in [2.05, 4.69) is 39.3 Å². The lowest BCUT2D eigenvalue weighted by Gasteiger charge is -2.42. The molecule has 4 rings (SSSR count). The molecule has 2 saturated heterocycles. The second kappa shape index (κ2) is 9.69. The van der Waals surface area contributed by atoms with Crippen molar-refractivity contribution in [2.45, 2.75) is 44.6 Å². The molecule has 6 nitrogen and oxygen atoms in total.